The lowest BCUT2D eigenvalue weighted by Gasteiger charge is -2.35. The van der Waals surface area contributed by atoms with E-state index in [1.807, 2.05) is 37.8 Å². The Labute approximate surface area is 192 Å². The summed E-state index contributed by atoms with van der Waals surface area (Å²) in [4.78, 5) is 1.15. The maximum Gasteiger partial charge on any atom is 0.417 e. The van der Waals surface area contributed by atoms with Gasteiger partial charge in [0.25, 0.3) is 0 Å². The second-order valence-corrected chi connectivity index (χ2v) is 10.2. The molecule has 0 bridgehead atoms. The summed E-state index contributed by atoms with van der Waals surface area (Å²) in [5.41, 5.74) is 1.92. The van der Waals surface area contributed by atoms with Crippen LogP contribution < -0.4 is 4.74 Å². The van der Waals surface area contributed by atoms with Crippen LogP contribution in [0.25, 0.3) is 0 Å². The summed E-state index contributed by atoms with van der Waals surface area (Å²) in [7, 11) is -4.29. The van der Waals surface area contributed by atoms with Gasteiger partial charge in [-0.15, -0.1) is 0 Å². The highest BCUT2D eigenvalue weighted by Gasteiger charge is 2.39. The number of aliphatic hydroxyl groups is 1. The third kappa shape index (κ3) is 5.87. The fourth-order valence-electron chi connectivity index (χ4n) is 3.90. The Hall–Kier alpha value is -2.14. The first-order valence-corrected chi connectivity index (χ1v) is 12.1. The monoisotopic (exact) mass is 486 g/mol. The molecule has 1 saturated heterocycles. The van der Waals surface area contributed by atoms with Crippen molar-refractivity contribution in [3.8, 4) is 5.75 Å². The molecule has 0 aliphatic carbocycles. The van der Waals surface area contributed by atoms with E-state index in [2.05, 4.69) is 0 Å². The van der Waals surface area contributed by atoms with Crippen LogP contribution in [-0.2, 0) is 16.2 Å². The second kappa shape index (κ2) is 10.0. The van der Waals surface area contributed by atoms with Crippen molar-refractivity contribution in [2.75, 3.05) is 39.3 Å². The molecule has 0 radical (unpaired) electrons. The minimum absolute atomic E-state index is 0.0399. The normalized spacial score (nSPS) is 17.2. The molecule has 1 N–H and O–H groups in total. The van der Waals surface area contributed by atoms with Crippen LogP contribution in [0.5, 0.6) is 5.75 Å². The minimum atomic E-state index is -4.76. The Morgan fingerprint density at radius 2 is 1.61 bits per heavy atom. The number of benzene rings is 2. The third-order valence-electron chi connectivity index (χ3n) is 5.90. The van der Waals surface area contributed by atoms with Crippen LogP contribution in [0, 0.1) is 20.8 Å². The Bertz CT molecular complexity index is 1080. The number of halogens is 3. The molecule has 10 heteroatoms. The van der Waals surface area contributed by atoms with Gasteiger partial charge in [0.2, 0.25) is 10.0 Å². The van der Waals surface area contributed by atoms with E-state index in [1.165, 1.54) is 12.1 Å². The molecule has 0 spiro atoms. The molecule has 0 unspecified atom stereocenters. The fourth-order valence-corrected chi connectivity index (χ4v) is 5.53. The van der Waals surface area contributed by atoms with Crippen LogP contribution in [0.1, 0.15) is 22.3 Å². The number of hydrogen-bond acceptors (Lipinski definition) is 5. The van der Waals surface area contributed by atoms with Crippen molar-refractivity contribution in [3.63, 3.8) is 0 Å². The van der Waals surface area contributed by atoms with Gasteiger partial charge in [0.1, 0.15) is 18.5 Å². The highest BCUT2D eigenvalue weighted by molar-refractivity contribution is 7.89. The van der Waals surface area contributed by atoms with Crippen LogP contribution in [-0.4, -0.2) is 68.2 Å². The molecule has 1 heterocycles. The fraction of sp³-hybridized carbons (Fsp3) is 0.478. The largest absolute Gasteiger partial charge is 0.490 e. The second-order valence-electron chi connectivity index (χ2n) is 8.32. The number of ether oxygens (including phenoxy) is 1. The van der Waals surface area contributed by atoms with Crippen LogP contribution >= 0.6 is 0 Å². The maximum atomic E-state index is 13.3. The molecule has 3 rings (SSSR count). The zero-order valence-electron chi connectivity index (χ0n) is 18.9. The van der Waals surface area contributed by atoms with E-state index in [4.69, 9.17) is 4.74 Å². The summed E-state index contributed by atoms with van der Waals surface area (Å²) < 4.78 is 72.5. The maximum absolute atomic E-state index is 13.3. The predicted molar refractivity (Wildman–Crippen MR) is 119 cm³/mol. The molecular formula is C23H29F3N2O4S. The molecule has 2 aromatic carbocycles. The zero-order chi connectivity index (χ0) is 24.4. The average Bonchev–Trinajstić information content (AvgIpc) is 2.76. The van der Waals surface area contributed by atoms with Crippen molar-refractivity contribution in [2.24, 2.45) is 0 Å². The van der Waals surface area contributed by atoms with Gasteiger partial charge in [-0.1, -0.05) is 24.3 Å². The Morgan fingerprint density at radius 3 is 2.24 bits per heavy atom. The van der Waals surface area contributed by atoms with Gasteiger partial charge in [0.15, 0.2) is 0 Å². The number of sulfonamides is 1. The first kappa shape index (κ1) is 25.5. The Balaban J connectivity index is 1.58. The molecular weight excluding hydrogens is 457 g/mol. The van der Waals surface area contributed by atoms with Crippen molar-refractivity contribution in [2.45, 2.75) is 37.9 Å². The zero-order valence-corrected chi connectivity index (χ0v) is 19.7. The summed E-state index contributed by atoms with van der Waals surface area (Å²) in [6.07, 6.45) is -5.55. The standard InChI is InChI=1S/C23H29F3N2O4S/c1-16-8-9-17(2)22(18(16)3)32-15-19(29)14-27-10-12-28(13-11-27)33(30,31)21-7-5-4-6-20(21)23(24,25)26/h4-9,19,29H,10-15H2,1-3H3/t19-/m1/s1. The highest BCUT2D eigenvalue weighted by atomic mass is 32.2. The number of aryl methyl sites for hydroxylation is 2. The average molecular weight is 487 g/mol. The van der Waals surface area contributed by atoms with Crippen LogP contribution in [0.15, 0.2) is 41.3 Å². The van der Waals surface area contributed by atoms with E-state index >= 15 is 0 Å². The molecule has 6 nitrogen and oxygen atoms in total. The Morgan fingerprint density at radius 1 is 1.00 bits per heavy atom. The first-order valence-electron chi connectivity index (χ1n) is 10.7. The Kier molecular flexibility index (Phi) is 7.73. The smallest absolute Gasteiger partial charge is 0.417 e. The van der Waals surface area contributed by atoms with Gasteiger partial charge >= 0.3 is 6.18 Å². The number of piperazine rings is 1. The minimum Gasteiger partial charge on any atom is -0.490 e. The van der Waals surface area contributed by atoms with E-state index in [9.17, 15) is 26.7 Å². The summed E-state index contributed by atoms with van der Waals surface area (Å²) in [6.45, 7) is 6.92. The molecule has 0 aromatic heterocycles. The van der Waals surface area contributed by atoms with E-state index < -0.39 is 32.8 Å². The van der Waals surface area contributed by atoms with Crippen molar-refractivity contribution in [1.82, 2.24) is 9.21 Å². The van der Waals surface area contributed by atoms with Gasteiger partial charge in [-0.3, -0.25) is 4.90 Å². The number of alkyl halides is 3. The van der Waals surface area contributed by atoms with Crippen LogP contribution in [0.4, 0.5) is 13.2 Å². The van der Waals surface area contributed by atoms with Gasteiger partial charge in [-0.05, 0) is 49.6 Å². The summed E-state index contributed by atoms with van der Waals surface area (Å²) in [6, 6.07) is 8.18. The third-order valence-corrected chi connectivity index (χ3v) is 7.86. The van der Waals surface area contributed by atoms with Gasteiger partial charge in [0.05, 0.1) is 10.5 Å². The van der Waals surface area contributed by atoms with Crippen molar-refractivity contribution < 1.29 is 31.4 Å². The topological polar surface area (TPSA) is 70.1 Å². The quantitative estimate of drug-likeness (QED) is 0.650. The number of hydrogen-bond donors (Lipinski definition) is 1. The molecule has 1 fully saturated rings. The number of aliphatic hydroxyl groups excluding tert-OH is 1. The van der Waals surface area contributed by atoms with Crippen molar-refractivity contribution >= 4 is 10.0 Å². The lowest BCUT2D eigenvalue weighted by molar-refractivity contribution is -0.139. The van der Waals surface area contributed by atoms with Gasteiger partial charge in [-0.2, -0.15) is 17.5 Å². The molecule has 0 saturated carbocycles. The number of nitrogens with zero attached hydrogens (tertiary/aromatic N) is 2. The van der Waals surface area contributed by atoms with Gasteiger partial charge in [-0.25, -0.2) is 8.42 Å². The first-order chi connectivity index (χ1) is 15.4. The van der Waals surface area contributed by atoms with Crippen LogP contribution in [0.3, 0.4) is 0 Å². The van der Waals surface area contributed by atoms with Crippen molar-refractivity contribution in [1.29, 1.82) is 0 Å². The lowest BCUT2D eigenvalue weighted by Crippen LogP contribution is -2.51. The molecule has 1 aliphatic rings. The van der Waals surface area contributed by atoms with E-state index in [0.717, 1.165) is 38.9 Å². The molecule has 2 aromatic rings. The predicted octanol–water partition coefficient (Wildman–Crippen LogP) is 3.38. The summed E-state index contributed by atoms with van der Waals surface area (Å²) in [5, 5.41) is 10.4. The van der Waals surface area contributed by atoms with Crippen LogP contribution in [0.2, 0.25) is 0 Å². The SMILES string of the molecule is Cc1ccc(C)c(OC[C@H](O)CN2CCN(S(=O)(=O)c3ccccc3C(F)(F)F)CC2)c1C. The van der Waals surface area contributed by atoms with Crippen molar-refractivity contribution in [3.05, 3.63) is 58.7 Å². The number of rotatable bonds is 7. The van der Waals surface area contributed by atoms with E-state index in [-0.39, 0.29) is 26.2 Å². The summed E-state index contributed by atoms with van der Waals surface area (Å²) >= 11 is 0. The molecule has 0 amide bonds. The van der Waals surface area contributed by atoms with E-state index in [0.29, 0.717) is 13.1 Å². The summed E-state index contributed by atoms with van der Waals surface area (Å²) in [5.74, 6) is 0.744. The molecule has 182 valence electrons. The molecule has 1 aliphatic heterocycles. The molecule has 33 heavy (non-hydrogen) atoms. The molecule has 1 atom stereocenters. The van der Waals surface area contributed by atoms with Gasteiger partial charge in [0, 0.05) is 32.7 Å². The lowest BCUT2D eigenvalue weighted by atomic mass is 10.1. The van der Waals surface area contributed by atoms with Gasteiger partial charge < -0.3 is 9.84 Å². The highest BCUT2D eigenvalue weighted by Crippen LogP contribution is 2.35. The van der Waals surface area contributed by atoms with E-state index in [1.54, 1.807) is 0 Å². The number of β-amino-alcohol motifs (C(OH)–C–C–N with tert-alkyl or cyclic N) is 1.